The SMILES string of the molecule is C[C@H](CNC(=O)NCC(C)(CO)CO)N1CCc2ccccc2C1. The maximum Gasteiger partial charge on any atom is 0.314 e. The summed E-state index contributed by atoms with van der Waals surface area (Å²) in [6.45, 7) is 6.18. The summed E-state index contributed by atoms with van der Waals surface area (Å²) in [7, 11) is 0. The van der Waals surface area contributed by atoms with Crippen molar-refractivity contribution in [1.29, 1.82) is 0 Å². The van der Waals surface area contributed by atoms with E-state index in [0.29, 0.717) is 6.54 Å². The lowest BCUT2D eigenvalue weighted by molar-refractivity contribution is 0.0716. The second-order valence-electron chi connectivity index (χ2n) is 7.03. The minimum atomic E-state index is -0.695. The monoisotopic (exact) mass is 335 g/mol. The Kier molecular flexibility index (Phi) is 6.60. The van der Waals surface area contributed by atoms with Crippen LogP contribution in [-0.4, -0.2) is 60.0 Å². The van der Waals surface area contributed by atoms with Crippen LogP contribution >= 0.6 is 0 Å². The first-order valence-corrected chi connectivity index (χ1v) is 8.52. The molecule has 0 saturated carbocycles. The van der Waals surface area contributed by atoms with Gasteiger partial charge in [-0.2, -0.15) is 0 Å². The molecule has 0 aromatic heterocycles. The summed E-state index contributed by atoms with van der Waals surface area (Å²) in [6, 6.07) is 8.47. The van der Waals surface area contributed by atoms with Crippen LogP contribution in [0.5, 0.6) is 0 Å². The summed E-state index contributed by atoms with van der Waals surface area (Å²) in [6.07, 6.45) is 1.04. The molecule has 0 aliphatic carbocycles. The Bertz CT molecular complexity index is 546. The number of fused-ring (bicyclic) bond motifs is 1. The normalized spacial score (nSPS) is 16.3. The van der Waals surface area contributed by atoms with Gasteiger partial charge in [-0.05, 0) is 24.5 Å². The zero-order valence-electron chi connectivity index (χ0n) is 14.6. The van der Waals surface area contributed by atoms with Crippen LogP contribution in [0.2, 0.25) is 0 Å². The van der Waals surface area contributed by atoms with Gasteiger partial charge in [-0.1, -0.05) is 31.2 Å². The van der Waals surface area contributed by atoms with Crippen LogP contribution in [0.15, 0.2) is 24.3 Å². The topological polar surface area (TPSA) is 84.8 Å². The standard InChI is InChI=1S/C18H29N3O3/c1-14(9-19-17(24)20-11-18(2,12-22)13-23)21-8-7-15-5-3-4-6-16(15)10-21/h3-6,14,22-23H,7-13H2,1-2H3,(H2,19,20,24)/t14-/m1/s1. The first kappa shape index (κ1) is 18.7. The van der Waals surface area contributed by atoms with E-state index in [-0.39, 0.29) is 31.8 Å². The first-order valence-electron chi connectivity index (χ1n) is 8.52. The number of hydrogen-bond donors (Lipinski definition) is 4. The highest BCUT2D eigenvalue weighted by molar-refractivity contribution is 5.73. The fourth-order valence-electron chi connectivity index (χ4n) is 2.78. The van der Waals surface area contributed by atoms with Crippen molar-refractivity contribution < 1.29 is 15.0 Å². The fourth-order valence-corrected chi connectivity index (χ4v) is 2.78. The van der Waals surface area contributed by atoms with Crippen LogP contribution in [-0.2, 0) is 13.0 Å². The molecule has 1 heterocycles. The number of carbonyl (C=O) groups is 1. The van der Waals surface area contributed by atoms with Crippen molar-refractivity contribution in [3.05, 3.63) is 35.4 Å². The smallest absolute Gasteiger partial charge is 0.314 e. The fraction of sp³-hybridized carbons (Fsp3) is 0.611. The van der Waals surface area contributed by atoms with Crippen molar-refractivity contribution in [3.8, 4) is 0 Å². The third-order valence-electron chi connectivity index (χ3n) is 4.78. The van der Waals surface area contributed by atoms with Gasteiger partial charge in [-0.25, -0.2) is 4.79 Å². The van der Waals surface area contributed by atoms with Crippen molar-refractivity contribution in [1.82, 2.24) is 15.5 Å². The molecule has 134 valence electrons. The zero-order valence-corrected chi connectivity index (χ0v) is 14.6. The van der Waals surface area contributed by atoms with Crippen LogP contribution < -0.4 is 10.6 Å². The van der Waals surface area contributed by atoms with E-state index in [4.69, 9.17) is 0 Å². The first-order chi connectivity index (χ1) is 11.5. The van der Waals surface area contributed by atoms with E-state index in [9.17, 15) is 15.0 Å². The van der Waals surface area contributed by atoms with Crippen molar-refractivity contribution in [2.45, 2.75) is 32.9 Å². The number of benzene rings is 1. The van der Waals surface area contributed by atoms with Crippen LogP contribution in [0.4, 0.5) is 4.79 Å². The molecule has 0 fully saturated rings. The quantitative estimate of drug-likeness (QED) is 0.592. The molecule has 1 aliphatic rings. The highest BCUT2D eigenvalue weighted by Crippen LogP contribution is 2.19. The van der Waals surface area contributed by atoms with Gasteiger partial charge in [-0.3, -0.25) is 4.90 Å². The van der Waals surface area contributed by atoms with Gasteiger partial charge >= 0.3 is 6.03 Å². The molecule has 4 N–H and O–H groups in total. The van der Waals surface area contributed by atoms with Gasteiger partial charge in [-0.15, -0.1) is 0 Å². The number of carbonyl (C=O) groups excluding carboxylic acids is 1. The van der Waals surface area contributed by atoms with Crippen LogP contribution in [0.1, 0.15) is 25.0 Å². The molecule has 1 atom stereocenters. The van der Waals surface area contributed by atoms with E-state index < -0.39 is 5.41 Å². The van der Waals surface area contributed by atoms with E-state index in [0.717, 1.165) is 19.5 Å². The lowest BCUT2D eigenvalue weighted by Gasteiger charge is -2.34. The second-order valence-corrected chi connectivity index (χ2v) is 7.03. The molecular formula is C18H29N3O3. The Labute approximate surface area is 143 Å². The van der Waals surface area contributed by atoms with Gasteiger partial charge in [0.25, 0.3) is 0 Å². The number of rotatable bonds is 7. The van der Waals surface area contributed by atoms with Crippen molar-refractivity contribution in [3.63, 3.8) is 0 Å². The molecule has 0 unspecified atom stereocenters. The average molecular weight is 335 g/mol. The molecule has 1 aromatic rings. The van der Waals surface area contributed by atoms with Gasteiger partial charge in [0, 0.05) is 37.6 Å². The molecule has 0 bridgehead atoms. The third kappa shape index (κ3) is 4.93. The summed E-state index contributed by atoms with van der Waals surface area (Å²) in [5.74, 6) is 0. The molecule has 1 aromatic carbocycles. The molecule has 0 saturated heterocycles. The number of urea groups is 1. The number of nitrogens with one attached hydrogen (secondary N) is 2. The number of aliphatic hydroxyl groups is 2. The van der Waals surface area contributed by atoms with Crippen molar-refractivity contribution >= 4 is 6.03 Å². The van der Waals surface area contributed by atoms with Gasteiger partial charge in [0.05, 0.1) is 13.2 Å². The van der Waals surface area contributed by atoms with Crippen LogP contribution in [0, 0.1) is 5.41 Å². The molecule has 1 aliphatic heterocycles. The van der Waals surface area contributed by atoms with Gasteiger partial charge in [0.2, 0.25) is 0 Å². The maximum absolute atomic E-state index is 11.9. The molecule has 6 nitrogen and oxygen atoms in total. The van der Waals surface area contributed by atoms with Crippen LogP contribution in [0.25, 0.3) is 0 Å². The van der Waals surface area contributed by atoms with Gasteiger partial charge in [0.1, 0.15) is 0 Å². The predicted octanol–water partition coefficient (Wildman–Crippen LogP) is 0.723. The maximum atomic E-state index is 11.9. The van der Waals surface area contributed by atoms with Crippen molar-refractivity contribution in [2.24, 2.45) is 5.41 Å². The third-order valence-corrected chi connectivity index (χ3v) is 4.78. The van der Waals surface area contributed by atoms with Crippen LogP contribution in [0.3, 0.4) is 0 Å². The van der Waals surface area contributed by atoms with Gasteiger partial charge in [0.15, 0.2) is 0 Å². The van der Waals surface area contributed by atoms with E-state index in [1.54, 1.807) is 6.92 Å². The second kappa shape index (κ2) is 8.46. The summed E-state index contributed by atoms with van der Waals surface area (Å²) in [4.78, 5) is 14.3. The van der Waals surface area contributed by atoms with E-state index >= 15 is 0 Å². The zero-order chi connectivity index (χ0) is 17.6. The minimum Gasteiger partial charge on any atom is -0.396 e. The molecule has 0 spiro atoms. The molecular weight excluding hydrogens is 306 g/mol. The molecule has 24 heavy (non-hydrogen) atoms. The lowest BCUT2D eigenvalue weighted by Crippen LogP contribution is -2.49. The summed E-state index contributed by atoms with van der Waals surface area (Å²) in [5.41, 5.74) is 2.08. The van der Waals surface area contributed by atoms with Gasteiger partial charge < -0.3 is 20.8 Å². The summed E-state index contributed by atoms with van der Waals surface area (Å²) in [5, 5.41) is 24.0. The Morgan fingerprint density at radius 1 is 1.25 bits per heavy atom. The molecule has 0 radical (unpaired) electrons. The Balaban J connectivity index is 1.75. The molecule has 2 amide bonds. The number of aliphatic hydroxyl groups excluding tert-OH is 2. The lowest BCUT2D eigenvalue weighted by atomic mass is 9.93. The number of nitrogens with zero attached hydrogens (tertiary/aromatic N) is 1. The van der Waals surface area contributed by atoms with Crippen molar-refractivity contribution in [2.75, 3.05) is 32.8 Å². The largest absolute Gasteiger partial charge is 0.396 e. The van der Waals surface area contributed by atoms with E-state index in [1.807, 2.05) is 0 Å². The minimum absolute atomic E-state index is 0.173. The predicted molar refractivity (Wildman–Crippen MR) is 93.7 cm³/mol. The molecule has 2 rings (SSSR count). The summed E-state index contributed by atoms with van der Waals surface area (Å²) < 4.78 is 0. The Morgan fingerprint density at radius 3 is 2.58 bits per heavy atom. The number of hydrogen-bond acceptors (Lipinski definition) is 4. The summed E-state index contributed by atoms with van der Waals surface area (Å²) >= 11 is 0. The Morgan fingerprint density at radius 2 is 1.92 bits per heavy atom. The average Bonchev–Trinajstić information content (AvgIpc) is 2.63. The number of amides is 2. The molecule has 6 heteroatoms. The van der Waals surface area contributed by atoms with E-state index in [1.165, 1.54) is 11.1 Å². The Hall–Kier alpha value is -1.63. The van der Waals surface area contributed by atoms with E-state index in [2.05, 4.69) is 46.7 Å². The highest BCUT2D eigenvalue weighted by Gasteiger charge is 2.24. The highest BCUT2D eigenvalue weighted by atomic mass is 16.3.